The predicted molar refractivity (Wildman–Crippen MR) is 132 cm³/mol. The molecule has 1 atom stereocenters. The summed E-state index contributed by atoms with van der Waals surface area (Å²) in [6.45, 7) is 2.06. The summed E-state index contributed by atoms with van der Waals surface area (Å²) in [7, 11) is 0. The van der Waals surface area contributed by atoms with Crippen molar-refractivity contribution in [1.82, 2.24) is 20.2 Å². The lowest BCUT2D eigenvalue weighted by Gasteiger charge is -2.21. The highest BCUT2D eigenvalue weighted by Crippen LogP contribution is 2.27. The van der Waals surface area contributed by atoms with E-state index >= 15 is 0 Å². The highest BCUT2D eigenvalue weighted by Gasteiger charge is 2.26. The zero-order valence-corrected chi connectivity index (χ0v) is 20.0. The number of carbonyl (C=O) groups is 2. The number of rotatable bonds is 10. The summed E-state index contributed by atoms with van der Waals surface area (Å²) < 4.78 is 17.7. The van der Waals surface area contributed by atoms with Crippen LogP contribution in [0.4, 0.5) is 0 Å². The number of aryl methyl sites for hydroxylation is 1. The van der Waals surface area contributed by atoms with Crippen LogP contribution in [0, 0.1) is 11.8 Å². The van der Waals surface area contributed by atoms with Gasteiger partial charge < -0.3 is 19.1 Å². The quantitative estimate of drug-likeness (QED) is 0.318. The molecule has 0 spiro atoms. The van der Waals surface area contributed by atoms with Gasteiger partial charge in [0.15, 0.2) is 17.1 Å². The maximum Gasteiger partial charge on any atom is 0.307 e. The van der Waals surface area contributed by atoms with Gasteiger partial charge in [-0.15, -0.1) is 5.10 Å². The van der Waals surface area contributed by atoms with Crippen LogP contribution in [0.1, 0.15) is 36.2 Å². The van der Waals surface area contributed by atoms with E-state index in [0.717, 1.165) is 30.7 Å². The number of fused-ring (bicyclic) bond motifs is 2. The fourth-order valence-corrected chi connectivity index (χ4v) is 4.42. The molecule has 0 saturated carbocycles. The summed E-state index contributed by atoms with van der Waals surface area (Å²) in [5.41, 5.74) is 0.555. The van der Waals surface area contributed by atoms with E-state index in [1.165, 1.54) is 0 Å². The number of aromatic nitrogens is 4. The maximum atomic E-state index is 13.0. The number of benzene rings is 2. The second-order valence-electron chi connectivity index (χ2n) is 9.14. The van der Waals surface area contributed by atoms with Crippen molar-refractivity contribution < 1.29 is 28.7 Å². The number of Topliss-reactive ketones (excluding diaryl/α,β-unsaturated/α-hetero) is 1. The summed E-state index contributed by atoms with van der Waals surface area (Å²) in [5, 5.41) is 22.4. The first kappa shape index (κ1) is 24.6. The number of aliphatic carboxylic acids is 1. The van der Waals surface area contributed by atoms with Crippen LogP contribution in [0.3, 0.4) is 0 Å². The molecule has 11 heteroatoms. The largest absolute Gasteiger partial charge is 0.493 e. The number of ketones is 1. The molecule has 1 aliphatic heterocycles. The van der Waals surface area contributed by atoms with Gasteiger partial charge in [0, 0.05) is 32.2 Å². The Morgan fingerprint density at radius 3 is 2.76 bits per heavy atom. The molecule has 1 N–H and O–H groups in total. The summed E-state index contributed by atoms with van der Waals surface area (Å²) in [6, 6.07) is 11.9. The van der Waals surface area contributed by atoms with Crippen molar-refractivity contribution in [3.05, 3.63) is 58.5 Å². The van der Waals surface area contributed by atoms with E-state index < -0.39 is 17.7 Å². The van der Waals surface area contributed by atoms with Crippen LogP contribution < -0.4 is 10.3 Å². The van der Waals surface area contributed by atoms with Crippen LogP contribution in [-0.2, 0) is 16.1 Å². The van der Waals surface area contributed by atoms with E-state index in [2.05, 4.69) is 15.5 Å². The number of ether oxygens (including phenoxy) is 2. The van der Waals surface area contributed by atoms with Gasteiger partial charge in [-0.1, -0.05) is 22.5 Å². The molecule has 0 amide bonds. The SMILES string of the molecule is O=C(C[C@@H](CCn1nnc2ccccc2c1=O)C(=O)O)c1noc2cc(OCC3CCOCC3)ccc12. The van der Waals surface area contributed by atoms with Gasteiger partial charge in [0.05, 0.1) is 23.3 Å². The Morgan fingerprint density at radius 2 is 1.95 bits per heavy atom. The van der Waals surface area contributed by atoms with E-state index in [0.29, 0.717) is 40.1 Å². The smallest absolute Gasteiger partial charge is 0.307 e. The van der Waals surface area contributed by atoms with Crippen molar-refractivity contribution in [2.75, 3.05) is 19.8 Å². The lowest BCUT2D eigenvalue weighted by molar-refractivity contribution is -0.142. The molecular formula is C26H26N4O7. The molecule has 2 aromatic carbocycles. The average molecular weight is 507 g/mol. The van der Waals surface area contributed by atoms with Crippen LogP contribution in [0.2, 0.25) is 0 Å². The van der Waals surface area contributed by atoms with E-state index in [1.807, 2.05) is 0 Å². The summed E-state index contributed by atoms with van der Waals surface area (Å²) in [5.74, 6) is -1.60. The molecule has 2 aromatic heterocycles. The van der Waals surface area contributed by atoms with Crippen molar-refractivity contribution in [3.63, 3.8) is 0 Å². The number of hydrogen-bond acceptors (Lipinski definition) is 9. The van der Waals surface area contributed by atoms with Crippen LogP contribution in [-0.4, -0.2) is 56.8 Å². The van der Waals surface area contributed by atoms with Crippen molar-refractivity contribution in [2.45, 2.75) is 32.2 Å². The second-order valence-corrected chi connectivity index (χ2v) is 9.14. The highest BCUT2D eigenvalue weighted by molar-refractivity contribution is 6.06. The molecule has 0 radical (unpaired) electrons. The summed E-state index contributed by atoms with van der Waals surface area (Å²) in [6.07, 6.45) is 1.63. The highest BCUT2D eigenvalue weighted by atomic mass is 16.5. The molecule has 0 aliphatic carbocycles. The molecule has 1 aliphatic rings. The Morgan fingerprint density at radius 1 is 1.14 bits per heavy atom. The Hall–Kier alpha value is -4.12. The normalized spacial score (nSPS) is 15.1. The third-order valence-corrected chi connectivity index (χ3v) is 6.63. The molecule has 1 fully saturated rings. The third-order valence-electron chi connectivity index (χ3n) is 6.63. The van der Waals surface area contributed by atoms with Crippen LogP contribution >= 0.6 is 0 Å². The molecule has 11 nitrogen and oxygen atoms in total. The number of carboxylic acids is 1. The first-order valence-electron chi connectivity index (χ1n) is 12.2. The standard InChI is InChI=1S/C26H26N4O7/c31-22(13-17(26(33)34)7-10-30-25(32)19-3-1-2-4-21(19)27-29-30)24-20-6-5-18(14-23(20)37-28-24)36-15-16-8-11-35-12-9-16/h1-6,14,16-17H,7-13,15H2,(H,33,34)/t17-/m1/s1. The molecule has 5 rings (SSSR count). The van der Waals surface area contributed by atoms with Crippen molar-refractivity contribution in [3.8, 4) is 5.75 Å². The fraction of sp³-hybridized carbons (Fsp3) is 0.385. The minimum Gasteiger partial charge on any atom is -0.493 e. The molecule has 3 heterocycles. The lowest BCUT2D eigenvalue weighted by Crippen LogP contribution is -2.27. The molecule has 1 saturated heterocycles. The summed E-state index contributed by atoms with van der Waals surface area (Å²) >= 11 is 0. The van der Waals surface area contributed by atoms with Gasteiger partial charge in [-0.3, -0.25) is 14.4 Å². The van der Waals surface area contributed by atoms with E-state index in [-0.39, 0.29) is 30.6 Å². The predicted octanol–water partition coefficient (Wildman–Crippen LogP) is 3.10. The van der Waals surface area contributed by atoms with Gasteiger partial charge >= 0.3 is 5.97 Å². The number of carbonyl (C=O) groups excluding carboxylic acids is 1. The van der Waals surface area contributed by atoms with Gasteiger partial charge in [0.2, 0.25) is 0 Å². The van der Waals surface area contributed by atoms with E-state index in [9.17, 15) is 19.5 Å². The van der Waals surface area contributed by atoms with Crippen LogP contribution in [0.5, 0.6) is 5.75 Å². The third kappa shape index (κ3) is 5.51. The molecule has 37 heavy (non-hydrogen) atoms. The Kier molecular flexibility index (Phi) is 7.22. The van der Waals surface area contributed by atoms with Crippen molar-refractivity contribution in [2.24, 2.45) is 11.8 Å². The van der Waals surface area contributed by atoms with Crippen LogP contribution in [0.15, 0.2) is 51.8 Å². The lowest BCUT2D eigenvalue weighted by atomic mass is 9.96. The number of carboxylic acid groups (broad SMARTS) is 1. The van der Waals surface area contributed by atoms with E-state index in [4.69, 9.17) is 14.0 Å². The zero-order chi connectivity index (χ0) is 25.8. The molecule has 192 valence electrons. The minimum absolute atomic E-state index is 0.00823. The monoisotopic (exact) mass is 506 g/mol. The molecule has 0 unspecified atom stereocenters. The van der Waals surface area contributed by atoms with Gasteiger partial charge in [0.1, 0.15) is 11.3 Å². The fourth-order valence-electron chi connectivity index (χ4n) is 4.42. The Balaban J connectivity index is 1.24. The van der Waals surface area contributed by atoms with Crippen molar-refractivity contribution >= 4 is 33.6 Å². The molecular weight excluding hydrogens is 480 g/mol. The zero-order valence-electron chi connectivity index (χ0n) is 20.0. The first-order valence-corrected chi connectivity index (χ1v) is 12.2. The topological polar surface area (TPSA) is 147 Å². The second kappa shape index (κ2) is 10.9. The Bertz CT molecular complexity index is 1490. The molecule has 0 bridgehead atoms. The average Bonchev–Trinajstić information content (AvgIpc) is 3.35. The van der Waals surface area contributed by atoms with Crippen molar-refractivity contribution in [1.29, 1.82) is 0 Å². The van der Waals surface area contributed by atoms with Crippen LogP contribution in [0.25, 0.3) is 21.9 Å². The number of hydrogen-bond donors (Lipinski definition) is 1. The Labute approximate surface area is 211 Å². The van der Waals surface area contributed by atoms with Gasteiger partial charge in [-0.05, 0) is 49.4 Å². The van der Waals surface area contributed by atoms with Gasteiger partial charge in [0.25, 0.3) is 5.56 Å². The van der Waals surface area contributed by atoms with Gasteiger partial charge in [-0.25, -0.2) is 4.68 Å². The molecule has 4 aromatic rings. The van der Waals surface area contributed by atoms with Gasteiger partial charge in [-0.2, -0.15) is 0 Å². The summed E-state index contributed by atoms with van der Waals surface area (Å²) in [4.78, 5) is 37.5. The maximum absolute atomic E-state index is 13.0. The minimum atomic E-state index is -1.15. The van der Waals surface area contributed by atoms with E-state index in [1.54, 1.807) is 42.5 Å². The number of nitrogens with zero attached hydrogens (tertiary/aromatic N) is 4. The first-order chi connectivity index (χ1) is 18.0.